The van der Waals surface area contributed by atoms with Crippen LogP contribution >= 0.6 is 0 Å². The van der Waals surface area contributed by atoms with Gasteiger partial charge in [0.25, 0.3) is 0 Å². The van der Waals surface area contributed by atoms with Gasteiger partial charge in [-0.1, -0.05) is 30.7 Å². The van der Waals surface area contributed by atoms with Crippen LogP contribution in [0.25, 0.3) is 0 Å². The van der Waals surface area contributed by atoms with Gasteiger partial charge >= 0.3 is 0 Å². The fourth-order valence-corrected chi connectivity index (χ4v) is 2.88. The average molecular weight is 220 g/mol. The third kappa shape index (κ3) is 2.15. The van der Waals surface area contributed by atoms with Gasteiger partial charge in [-0.05, 0) is 44.6 Å². The monoisotopic (exact) mass is 220 g/mol. The van der Waals surface area contributed by atoms with E-state index in [2.05, 4.69) is 33.9 Å². The van der Waals surface area contributed by atoms with E-state index in [0.29, 0.717) is 0 Å². The molecule has 1 nitrogen and oxygen atoms in total. The van der Waals surface area contributed by atoms with Crippen LogP contribution in [0.4, 0.5) is 0 Å². The lowest BCUT2D eigenvalue weighted by atomic mass is 9.62. The average Bonchev–Trinajstić information content (AvgIpc) is 2.16. The molecule has 16 heavy (non-hydrogen) atoms. The first kappa shape index (κ1) is 13.2. The van der Waals surface area contributed by atoms with Gasteiger partial charge in [-0.2, -0.15) is 0 Å². The van der Waals surface area contributed by atoms with Crippen molar-refractivity contribution in [1.29, 1.82) is 0 Å². The number of hydrogen-bond acceptors (Lipinski definition) is 1. The smallest absolute Gasteiger partial charge is 0.0825 e. The molecule has 1 rings (SSSR count). The number of hydrogen-bond donors (Lipinski definition) is 1. The fraction of sp³-hybridized carbons (Fsp3) is 0.600. The molecule has 1 aliphatic carbocycles. The first-order chi connectivity index (χ1) is 7.33. The Bertz CT molecular complexity index is 333. The lowest BCUT2D eigenvalue weighted by Gasteiger charge is -2.44. The lowest BCUT2D eigenvalue weighted by molar-refractivity contribution is 0.0660. The molecule has 0 bridgehead atoms. The van der Waals surface area contributed by atoms with Crippen molar-refractivity contribution in [3.63, 3.8) is 0 Å². The highest BCUT2D eigenvalue weighted by Crippen LogP contribution is 2.47. The molecule has 0 aromatic rings. The molecule has 1 N–H and O–H groups in total. The van der Waals surface area contributed by atoms with Crippen LogP contribution in [0.1, 0.15) is 40.5 Å². The summed E-state index contributed by atoms with van der Waals surface area (Å²) in [6.07, 6.45) is 3.61. The number of allylic oxidation sites excluding steroid dienone is 2. The minimum absolute atomic E-state index is 0.0236. The summed E-state index contributed by atoms with van der Waals surface area (Å²) >= 11 is 0. The van der Waals surface area contributed by atoms with Crippen LogP contribution in [0.3, 0.4) is 0 Å². The van der Waals surface area contributed by atoms with Gasteiger partial charge in [-0.25, -0.2) is 0 Å². The zero-order valence-corrected chi connectivity index (χ0v) is 11.0. The Morgan fingerprint density at radius 2 is 2.00 bits per heavy atom. The molecule has 1 fully saturated rings. The van der Waals surface area contributed by atoms with Gasteiger partial charge in [0.1, 0.15) is 0 Å². The zero-order valence-electron chi connectivity index (χ0n) is 11.0. The van der Waals surface area contributed by atoms with Gasteiger partial charge in [0.2, 0.25) is 0 Å². The van der Waals surface area contributed by atoms with Gasteiger partial charge in [0.05, 0.1) is 6.10 Å². The molecule has 0 aromatic heterocycles. The first-order valence-corrected chi connectivity index (χ1v) is 5.97. The molecule has 0 heterocycles. The van der Waals surface area contributed by atoms with Crippen LogP contribution in [-0.4, -0.2) is 11.2 Å². The summed E-state index contributed by atoms with van der Waals surface area (Å²) in [5.41, 5.74) is 3.45. The summed E-state index contributed by atoms with van der Waals surface area (Å²) in [7, 11) is 0. The Balaban J connectivity index is 3.16. The predicted octanol–water partition coefficient (Wildman–Crippen LogP) is 3.86. The summed E-state index contributed by atoms with van der Waals surface area (Å²) in [6.45, 7) is 16.3. The second kappa shape index (κ2) is 4.58. The Morgan fingerprint density at radius 3 is 2.38 bits per heavy atom. The van der Waals surface area contributed by atoms with E-state index in [1.165, 1.54) is 11.1 Å². The Labute approximate surface area is 99.6 Å². The summed E-state index contributed by atoms with van der Waals surface area (Å²) in [6, 6.07) is 0. The van der Waals surface area contributed by atoms with E-state index in [4.69, 9.17) is 0 Å². The van der Waals surface area contributed by atoms with Gasteiger partial charge in [-0.15, -0.1) is 6.58 Å². The van der Waals surface area contributed by atoms with Crippen molar-refractivity contribution in [2.24, 2.45) is 11.3 Å². The van der Waals surface area contributed by atoms with E-state index in [0.717, 1.165) is 18.4 Å². The van der Waals surface area contributed by atoms with Crippen molar-refractivity contribution >= 4 is 0 Å². The van der Waals surface area contributed by atoms with Crippen LogP contribution in [0.5, 0.6) is 0 Å². The first-order valence-electron chi connectivity index (χ1n) is 5.97. The number of rotatable bonds is 2. The predicted molar refractivity (Wildman–Crippen MR) is 70.2 cm³/mol. The molecule has 0 saturated heterocycles. The van der Waals surface area contributed by atoms with E-state index in [-0.39, 0.29) is 17.4 Å². The van der Waals surface area contributed by atoms with E-state index in [1.54, 1.807) is 0 Å². The van der Waals surface area contributed by atoms with Gasteiger partial charge in [0, 0.05) is 5.92 Å². The normalized spacial score (nSPS) is 34.7. The van der Waals surface area contributed by atoms with Crippen molar-refractivity contribution in [1.82, 2.24) is 0 Å². The highest BCUT2D eigenvalue weighted by atomic mass is 16.3. The highest BCUT2D eigenvalue weighted by Gasteiger charge is 2.42. The van der Waals surface area contributed by atoms with Gasteiger partial charge in [-0.3, -0.25) is 0 Å². The maximum Gasteiger partial charge on any atom is 0.0825 e. The number of aliphatic hydroxyl groups excluding tert-OH is 1. The second-order valence-electron chi connectivity index (χ2n) is 5.50. The molecule has 1 heteroatoms. The van der Waals surface area contributed by atoms with E-state index < -0.39 is 0 Å². The molecule has 0 aliphatic heterocycles. The van der Waals surface area contributed by atoms with Crippen LogP contribution in [0.2, 0.25) is 0 Å². The van der Waals surface area contributed by atoms with Crippen molar-refractivity contribution in [3.8, 4) is 0 Å². The summed E-state index contributed by atoms with van der Waals surface area (Å²) in [4.78, 5) is 0. The zero-order chi connectivity index (χ0) is 12.5. The van der Waals surface area contributed by atoms with Gasteiger partial charge in [0.15, 0.2) is 0 Å². The molecule has 1 aliphatic rings. The van der Waals surface area contributed by atoms with Crippen LogP contribution < -0.4 is 0 Å². The highest BCUT2D eigenvalue weighted by molar-refractivity contribution is 5.27. The van der Waals surface area contributed by atoms with Crippen molar-refractivity contribution in [2.75, 3.05) is 0 Å². The summed E-state index contributed by atoms with van der Waals surface area (Å²) in [5.74, 6) is 0.101. The third-order valence-electron chi connectivity index (χ3n) is 3.96. The molecular weight excluding hydrogens is 196 g/mol. The fourth-order valence-electron chi connectivity index (χ4n) is 2.88. The Hall–Kier alpha value is -0.820. The lowest BCUT2D eigenvalue weighted by Crippen LogP contribution is -2.41. The minimum atomic E-state index is -0.390. The SMILES string of the molecule is C=C[C@]1(C)CCC(=C(C)C)[C@H](O)[C@@H]1C(=C)C. The van der Waals surface area contributed by atoms with E-state index in [9.17, 15) is 5.11 Å². The second-order valence-corrected chi connectivity index (χ2v) is 5.50. The molecule has 3 atom stereocenters. The topological polar surface area (TPSA) is 20.2 Å². The number of aliphatic hydroxyl groups is 1. The quantitative estimate of drug-likeness (QED) is 0.701. The van der Waals surface area contributed by atoms with Crippen LogP contribution in [0, 0.1) is 11.3 Å². The standard InChI is InChI=1S/C15H24O/c1-7-15(6)9-8-12(10(2)3)14(16)13(15)11(4)5/h7,13-14,16H,1,4,8-9H2,2-3,5-6H3/t13-,14-,15+/m0/s1. The summed E-state index contributed by atoms with van der Waals surface area (Å²) < 4.78 is 0. The molecule has 90 valence electrons. The maximum atomic E-state index is 10.5. The van der Waals surface area contributed by atoms with Crippen LogP contribution in [0.15, 0.2) is 36.0 Å². The van der Waals surface area contributed by atoms with Crippen molar-refractivity contribution < 1.29 is 5.11 Å². The molecule has 0 unspecified atom stereocenters. The minimum Gasteiger partial charge on any atom is -0.388 e. The molecule has 1 saturated carbocycles. The van der Waals surface area contributed by atoms with Gasteiger partial charge < -0.3 is 5.11 Å². The largest absolute Gasteiger partial charge is 0.388 e. The van der Waals surface area contributed by atoms with E-state index >= 15 is 0 Å². The van der Waals surface area contributed by atoms with Crippen molar-refractivity contribution in [2.45, 2.75) is 46.6 Å². The molecule has 0 amide bonds. The van der Waals surface area contributed by atoms with E-state index in [1.807, 2.05) is 13.0 Å². The molecule has 0 aromatic carbocycles. The Morgan fingerprint density at radius 1 is 1.44 bits per heavy atom. The molecule has 0 radical (unpaired) electrons. The third-order valence-corrected chi connectivity index (χ3v) is 3.96. The molecule has 0 spiro atoms. The molecular formula is C15H24O. The summed E-state index contributed by atoms with van der Waals surface area (Å²) in [5, 5.41) is 10.5. The van der Waals surface area contributed by atoms with Crippen molar-refractivity contribution in [3.05, 3.63) is 36.0 Å². The maximum absolute atomic E-state index is 10.5. The Kier molecular flexibility index (Phi) is 3.80. The van der Waals surface area contributed by atoms with Crippen LogP contribution in [-0.2, 0) is 0 Å².